The molecule has 4 heteroatoms. The lowest BCUT2D eigenvalue weighted by Gasteiger charge is -2.31. The molecule has 0 aliphatic carbocycles. The summed E-state index contributed by atoms with van der Waals surface area (Å²) in [5, 5.41) is 12.8. The van der Waals surface area contributed by atoms with Crippen LogP contribution in [0.4, 0.5) is 0 Å². The molecule has 4 nitrogen and oxygen atoms in total. The Labute approximate surface area is 112 Å². The van der Waals surface area contributed by atoms with Gasteiger partial charge in [0, 0.05) is 18.2 Å². The highest BCUT2D eigenvalue weighted by atomic mass is 16.5. The van der Waals surface area contributed by atoms with Gasteiger partial charge in [-0.1, -0.05) is 6.92 Å². The first-order chi connectivity index (χ1) is 8.52. The molecule has 0 spiro atoms. The molecule has 0 aromatic heterocycles. The number of hydrogen-bond acceptors (Lipinski definition) is 4. The molecule has 0 aromatic carbocycles. The fourth-order valence-corrected chi connectivity index (χ4v) is 2.83. The molecule has 1 aliphatic rings. The summed E-state index contributed by atoms with van der Waals surface area (Å²) in [6, 6.07) is 0.560. The number of ether oxygens (including phenoxy) is 1. The second-order valence-electron chi connectivity index (χ2n) is 5.77. The zero-order valence-electron chi connectivity index (χ0n) is 12.4. The molecule has 108 valence electrons. The van der Waals surface area contributed by atoms with Gasteiger partial charge in [0.05, 0.1) is 12.7 Å². The zero-order valence-corrected chi connectivity index (χ0v) is 12.4. The summed E-state index contributed by atoms with van der Waals surface area (Å²) in [5.74, 6) is 0. The van der Waals surface area contributed by atoms with Gasteiger partial charge in [-0.3, -0.25) is 0 Å². The summed E-state index contributed by atoms with van der Waals surface area (Å²) < 4.78 is 5.60. The molecule has 0 saturated carbocycles. The molecule has 1 rings (SSSR count). The van der Waals surface area contributed by atoms with Gasteiger partial charge < -0.3 is 20.1 Å². The third-order valence-electron chi connectivity index (χ3n) is 4.09. The summed E-state index contributed by atoms with van der Waals surface area (Å²) in [6.45, 7) is 9.40. The first-order valence-corrected chi connectivity index (χ1v) is 7.20. The first kappa shape index (κ1) is 15.9. The van der Waals surface area contributed by atoms with Gasteiger partial charge in [-0.2, -0.15) is 0 Å². The van der Waals surface area contributed by atoms with Crippen molar-refractivity contribution in [3.8, 4) is 0 Å². The van der Waals surface area contributed by atoms with Crippen LogP contribution < -0.4 is 5.32 Å². The van der Waals surface area contributed by atoms with Gasteiger partial charge in [0.2, 0.25) is 0 Å². The average molecular weight is 258 g/mol. The van der Waals surface area contributed by atoms with E-state index in [-0.39, 0.29) is 12.1 Å². The molecule has 0 radical (unpaired) electrons. The van der Waals surface area contributed by atoms with E-state index in [1.165, 1.54) is 0 Å². The minimum Gasteiger partial charge on any atom is -0.394 e. The number of aliphatic hydroxyl groups is 1. The fourth-order valence-electron chi connectivity index (χ4n) is 2.83. The van der Waals surface area contributed by atoms with E-state index in [4.69, 9.17) is 4.74 Å². The number of nitrogens with one attached hydrogen (secondary N) is 1. The van der Waals surface area contributed by atoms with E-state index in [2.05, 4.69) is 38.0 Å². The number of hydrogen-bond donors (Lipinski definition) is 2. The molecule has 18 heavy (non-hydrogen) atoms. The molecule has 1 heterocycles. The second-order valence-corrected chi connectivity index (χ2v) is 5.77. The molecule has 0 bridgehead atoms. The molecule has 3 unspecified atom stereocenters. The summed E-state index contributed by atoms with van der Waals surface area (Å²) in [4.78, 5) is 2.40. The highest BCUT2D eigenvalue weighted by Gasteiger charge is 2.28. The van der Waals surface area contributed by atoms with E-state index in [0.29, 0.717) is 12.1 Å². The van der Waals surface area contributed by atoms with Crippen molar-refractivity contribution in [2.75, 3.05) is 33.4 Å². The van der Waals surface area contributed by atoms with Gasteiger partial charge in [-0.25, -0.2) is 0 Å². The van der Waals surface area contributed by atoms with Crippen molar-refractivity contribution >= 4 is 0 Å². The third kappa shape index (κ3) is 4.50. The van der Waals surface area contributed by atoms with Crippen molar-refractivity contribution in [1.82, 2.24) is 10.2 Å². The average Bonchev–Trinajstić information content (AvgIpc) is 2.76. The van der Waals surface area contributed by atoms with Gasteiger partial charge in [0.15, 0.2) is 0 Å². The van der Waals surface area contributed by atoms with Gasteiger partial charge >= 0.3 is 0 Å². The minimum absolute atomic E-state index is 0.132. The van der Waals surface area contributed by atoms with Crippen LogP contribution in [0, 0.1) is 0 Å². The van der Waals surface area contributed by atoms with Crippen LogP contribution in [0.2, 0.25) is 0 Å². The maximum atomic E-state index is 9.44. The Bertz CT molecular complexity index is 238. The largest absolute Gasteiger partial charge is 0.394 e. The minimum atomic E-state index is -0.132. The Hall–Kier alpha value is -0.160. The first-order valence-electron chi connectivity index (χ1n) is 7.20. The molecule has 1 fully saturated rings. The molecule has 0 amide bonds. The summed E-state index contributed by atoms with van der Waals surface area (Å²) in [5.41, 5.74) is -0.132. The smallest absolute Gasteiger partial charge is 0.0702 e. The van der Waals surface area contributed by atoms with Crippen LogP contribution in [-0.4, -0.2) is 61.0 Å². The Morgan fingerprint density at radius 3 is 2.72 bits per heavy atom. The Morgan fingerprint density at radius 1 is 1.50 bits per heavy atom. The highest BCUT2D eigenvalue weighted by Crippen LogP contribution is 2.19. The van der Waals surface area contributed by atoms with Crippen LogP contribution in [0.3, 0.4) is 0 Å². The summed E-state index contributed by atoms with van der Waals surface area (Å²) in [6.07, 6.45) is 3.60. The number of nitrogens with zero attached hydrogens (tertiary/aromatic N) is 1. The second kappa shape index (κ2) is 7.43. The Kier molecular flexibility index (Phi) is 6.57. The number of aliphatic hydroxyl groups excluding tert-OH is 1. The number of likely N-dealkylation sites (N-methyl/N-ethyl adjacent to an activating group) is 2. The summed E-state index contributed by atoms with van der Waals surface area (Å²) in [7, 11) is 2.18. The predicted molar refractivity (Wildman–Crippen MR) is 74.9 cm³/mol. The van der Waals surface area contributed by atoms with Crippen molar-refractivity contribution in [3.05, 3.63) is 0 Å². The van der Waals surface area contributed by atoms with Gasteiger partial charge in [-0.15, -0.1) is 0 Å². The van der Waals surface area contributed by atoms with Crippen LogP contribution in [0.1, 0.15) is 40.0 Å². The van der Waals surface area contributed by atoms with E-state index in [1.807, 2.05) is 0 Å². The molecular formula is C14H30N2O2. The maximum Gasteiger partial charge on any atom is 0.0702 e. The van der Waals surface area contributed by atoms with Crippen LogP contribution in [0.15, 0.2) is 0 Å². The lowest BCUT2D eigenvalue weighted by Crippen LogP contribution is -2.46. The fraction of sp³-hybridized carbons (Fsp3) is 1.00. The van der Waals surface area contributed by atoms with Crippen LogP contribution >= 0.6 is 0 Å². The molecule has 1 saturated heterocycles. The normalized spacial score (nSPS) is 27.7. The SMILES string of the molecule is CCNC(C)(CO)CCCN(C)C1CCOC1C. The topological polar surface area (TPSA) is 44.7 Å². The van der Waals surface area contributed by atoms with E-state index < -0.39 is 0 Å². The lowest BCUT2D eigenvalue weighted by atomic mass is 9.96. The van der Waals surface area contributed by atoms with Gasteiger partial charge in [-0.05, 0) is 53.2 Å². The van der Waals surface area contributed by atoms with Crippen LogP contribution in [0.25, 0.3) is 0 Å². The van der Waals surface area contributed by atoms with Crippen molar-refractivity contribution in [2.45, 2.75) is 57.7 Å². The number of rotatable bonds is 8. The van der Waals surface area contributed by atoms with Gasteiger partial charge in [0.1, 0.15) is 0 Å². The maximum absolute atomic E-state index is 9.44. The van der Waals surface area contributed by atoms with Crippen molar-refractivity contribution in [3.63, 3.8) is 0 Å². The van der Waals surface area contributed by atoms with E-state index in [1.54, 1.807) is 0 Å². The van der Waals surface area contributed by atoms with E-state index >= 15 is 0 Å². The third-order valence-corrected chi connectivity index (χ3v) is 4.09. The zero-order chi connectivity index (χ0) is 13.6. The Balaban J connectivity index is 2.27. The van der Waals surface area contributed by atoms with Gasteiger partial charge in [0.25, 0.3) is 0 Å². The molecule has 1 aliphatic heterocycles. The van der Waals surface area contributed by atoms with Crippen LogP contribution in [-0.2, 0) is 4.74 Å². The molecule has 3 atom stereocenters. The van der Waals surface area contributed by atoms with Crippen molar-refractivity contribution in [1.29, 1.82) is 0 Å². The quantitative estimate of drug-likeness (QED) is 0.687. The van der Waals surface area contributed by atoms with Crippen LogP contribution in [0.5, 0.6) is 0 Å². The monoisotopic (exact) mass is 258 g/mol. The van der Waals surface area contributed by atoms with Crippen molar-refractivity contribution < 1.29 is 9.84 Å². The lowest BCUT2D eigenvalue weighted by molar-refractivity contribution is 0.0812. The summed E-state index contributed by atoms with van der Waals surface area (Å²) >= 11 is 0. The van der Waals surface area contributed by atoms with E-state index in [9.17, 15) is 5.11 Å². The molecule has 2 N–H and O–H groups in total. The highest BCUT2D eigenvalue weighted by molar-refractivity contribution is 4.84. The molecule has 0 aromatic rings. The van der Waals surface area contributed by atoms with Crippen molar-refractivity contribution in [2.24, 2.45) is 0 Å². The predicted octanol–water partition coefficient (Wildman–Crippen LogP) is 1.24. The standard InChI is InChI=1S/C14H30N2O2/c1-5-15-14(3,11-17)8-6-9-16(4)13-7-10-18-12(13)2/h12-13,15,17H,5-11H2,1-4H3. The van der Waals surface area contributed by atoms with E-state index in [0.717, 1.165) is 39.0 Å². The molecular weight excluding hydrogens is 228 g/mol. The Morgan fingerprint density at radius 2 is 2.22 bits per heavy atom.